The number of benzene rings is 3. The van der Waals surface area contributed by atoms with Crippen LogP contribution in [-0.4, -0.2) is 26.2 Å². The van der Waals surface area contributed by atoms with Gasteiger partial charge in [-0.2, -0.15) is 5.10 Å². The summed E-state index contributed by atoms with van der Waals surface area (Å²) in [6.07, 6.45) is 1.26. The van der Waals surface area contributed by atoms with E-state index in [4.69, 9.17) is 0 Å². The quantitative estimate of drug-likeness (QED) is 0.197. The highest BCUT2D eigenvalue weighted by Gasteiger charge is 2.16. The van der Waals surface area contributed by atoms with Crippen LogP contribution in [0.5, 0.6) is 5.75 Å². The monoisotopic (exact) mass is 475 g/mol. The van der Waals surface area contributed by atoms with Gasteiger partial charge in [0.2, 0.25) is 5.13 Å². The van der Waals surface area contributed by atoms with Crippen molar-refractivity contribution in [3.8, 4) is 27.4 Å². The molecule has 0 atom stereocenters. The molecule has 0 aliphatic heterocycles. The number of rotatable bonds is 7. The van der Waals surface area contributed by atoms with Crippen molar-refractivity contribution < 1.29 is 15.0 Å². The first-order valence-electron chi connectivity index (χ1n) is 9.91. The standard InChI is InChI=1S/C23H17N5O5S/c1-14-2-4-15(5-3-14)21-22(16-6-8-18(9-7-16)27(30)31)34-23(25-21)26-24-13-17-12-19(28(32)33)10-11-20(17)29/h2-13,29H,1H3,(H,25,26)/b24-13-. The lowest BCUT2D eigenvalue weighted by Crippen LogP contribution is -1.93. The fourth-order valence-corrected chi connectivity index (χ4v) is 4.06. The van der Waals surface area contributed by atoms with Gasteiger partial charge in [-0.1, -0.05) is 41.2 Å². The summed E-state index contributed by atoms with van der Waals surface area (Å²) >= 11 is 1.30. The van der Waals surface area contributed by atoms with Crippen molar-refractivity contribution in [2.75, 3.05) is 5.43 Å². The summed E-state index contributed by atoms with van der Waals surface area (Å²) in [4.78, 5) is 26.4. The molecule has 4 rings (SSSR count). The number of nitrogens with zero attached hydrogens (tertiary/aromatic N) is 4. The van der Waals surface area contributed by atoms with E-state index in [0.29, 0.717) is 10.8 Å². The summed E-state index contributed by atoms with van der Waals surface area (Å²) in [5.41, 5.74) is 6.18. The van der Waals surface area contributed by atoms with Crippen LogP contribution in [0.2, 0.25) is 0 Å². The number of thiazole rings is 1. The molecule has 11 heteroatoms. The zero-order valence-electron chi connectivity index (χ0n) is 17.7. The molecule has 2 N–H and O–H groups in total. The molecule has 0 radical (unpaired) electrons. The smallest absolute Gasteiger partial charge is 0.270 e. The molecule has 1 aromatic heterocycles. The summed E-state index contributed by atoms with van der Waals surface area (Å²) in [5.74, 6) is -0.151. The Hall–Kier alpha value is -4.64. The minimum Gasteiger partial charge on any atom is -0.507 e. The number of aryl methyl sites for hydroxylation is 1. The zero-order valence-corrected chi connectivity index (χ0v) is 18.5. The third kappa shape index (κ3) is 4.89. The highest BCUT2D eigenvalue weighted by Crippen LogP contribution is 2.39. The van der Waals surface area contributed by atoms with Gasteiger partial charge in [-0.3, -0.25) is 25.7 Å². The molecule has 10 nitrogen and oxygen atoms in total. The van der Waals surface area contributed by atoms with E-state index in [2.05, 4.69) is 15.5 Å². The molecule has 0 fully saturated rings. The molecule has 170 valence electrons. The molecule has 34 heavy (non-hydrogen) atoms. The van der Waals surface area contributed by atoms with E-state index in [1.54, 1.807) is 12.1 Å². The molecule has 0 amide bonds. The second-order valence-electron chi connectivity index (χ2n) is 7.24. The zero-order chi connectivity index (χ0) is 24.2. The van der Waals surface area contributed by atoms with Gasteiger partial charge in [0.25, 0.3) is 11.4 Å². The summed E-state index contributed by atoms with van der Waals surface area (Å²) in [6, 6.07) is 17.6. The van der Waals surface area contributed by atoms with Crippen molar-refractivity contribution in [2.45, 2.75) is 6.92 Å². The van der Waals surface area contributed by atoms with Gasteiger partial charge in [0.1, 0.15) is 5.75 Å². The Labute approximate surface area is 197 Å². The van der Waals surface area contributed by atoms with Crippen LogP contribution >= 0.6 is 11.3 Å². The van der Waals surface area contributed by atoms with E-state index in [1.807, 2.05) is 31.2 Å². The Morgan fingerprint density at radius 2 is 1.56 bits per heavy atom. The summed E-state index contributed by atoms with van der Waals surface area (Å²) < 4.78 is 0. The topological polar surface area (TPSA) is 144 Å². The number of nitro benzene ring substituents is 2. The van der Waals surface area contributed by atoms with Crippen LogP contribution < -0.4 is 5.43 Å². The highest BCUT2D eigenvalue weighted by molar-refractivity contribution is 7.19. The van der Waals surface area contributed by atoms with Crippen LogP contribution in [0.4, 0.5) is 16.5 Å². The molecular formula is C23H17N5O5S. The molecule has 0 aliphatic rings. The SMILES string of the molecule is Cc1ccc(-c2nc(N/N=C\c3cc([N+](=O)[O-])ccc3O)sc2-c2ccc([N+](=O)[O-])cc2)cc1. The lowest BCUT2D eigenvalue weighted by Gasteiger charge is -2.03. The first-order chi connectivity index (χ1) is 16.3. The average molecular weight is 475 g/mol. The van der Waals surface area contributed by atoms with E-state index < -0.39 is 9.85 Å². The van der Waals surface area contributed by atoms with Gasteiger partial charge >= 0.3 is 0 Å². The molecule has 0 spiro atoms. The van der Waals surface area contributed by atoms with E-state index >= 15 is 0 Å². The summed E-state index contributed by atoms with van der Waals surface area (Å²) in [5, 5.41) is 36.4. The number of hydrogen-bond acceptors (Lipinski definition) is 9. The van der Waals surface area contributed by atoms with Gasteiger partial charge < -0.3 is 5.11 Å². The second kappa shape index (κ2) is 9.46. The number of hydrogen-bond donors (Lipinski definition) is 2. The van der Waals surface area contributed by atoms with E-state index in [1.165, 1.54) is 47.9 Å². The Bertz CT molecular complexity index is 1400. The number of aromatic nitrogens is 1. The van der Waals surface area contributed by atoms with Crippen molar-refractivity contribution in [1.82, 2.24) is 4.98 Å². The lowest BCUT2D eigenvalue weighted by molar-refractivity contribution is -0.385. The number of phenolic OH excluding ortho intramolecular Hbond substituents is 1. The molecule has 0 saturated heterocycles. The number of anilines is 1. The maximum Gasteiger partial charge on any atom is 0.270 e. The maximum absolute atomic E-state index is 11.0. The van der Waals surface area contributed by atoms with Crippen LogP contribution in [-0.2, 0) is 0 Å². The van der Waals surface area contributed by atoms with Gasteiger partial charge in [0.15, 0.2) is 0 Å². The van der Waals surface area contributed by atoms with Crippen molar-refractivity contribution in [1.29, 1.82) is 0 Å². The second-order valence-corrected chi connectivity index (χ2v) is 8.24. The first kappa shape index (κ1) is 22.6. The Morgan fingerprint density at radius 3 is 2.21 bits per heavy atom. The molecule has 3 aromatic carbocycles. The largest absolute Gasteiger partial charge is 0.507 e. The van der Waals surface area contributed by atoms with Gasteiger partial charge in [-0.15, -0.1) is 0 Å². The van der Waals surface area contributed by atoms with Crippen LogP contribution in [0.25, 0.3) is 21.7 Å². The van der Waals surface area contributed by atoms with Crippen molar-refractivity contribution in [3.05, 3.63) is 98.1 Å². The Kier molecular flexibility index (Phi) is 6.28. The predicted molar refractivity (Wildman–Crippen MR) is 130 cm³/mol. The number of hydrazone groups is 1. The third-order valence-corrected chi connectivity index (χ3v) is 5.89. The molecule has 0 aliphatic carbocycles. The van der Waals surface area contributed by atoms with Crippen LogP contribution in [0.15, 0.2) is 71.8 Å². The molecular weight excluding hydrogens is 458 g/mol. The molecule has 4 aromatic rings. The molecule has 1 heterocycles. The summed E-state index contributed by atoms with van der Waals surface area (Å²) in [6.45, 7) is 1.98. The predicted octanol–water partition coefficient (Wildman–Crippen LogP) is 5.75. The minimum atomic E-state index is -0.560. The number of non-ortho nitro benzene ring substituents is 2. The van der Waals surface area contributed by atoms with E-state index in [9.17, 15) is 25.3 Å². The van der Waals surface area contributed by atoms with Gasteiger partial charge in [0, 0.05) is 35.4 Å². The van der Waals surface area contributed by atoms with Crippen molar-refractivity contribution in [2.24, 2.45) is 5.10 Å². The highest BCUT2D eigenvalue weighted by atomic mass is 32.1. The maximum atomic E-state index is 11.0. The Morgan fingerprint density at radius 1 is 0.941 bits per heavy atom. The fraction of sp³-hybridized carbons (Fsp3) is 0.0435. The van der Waals surface area contributed by atoms with Crippen LogP contribution in [0.3, 0.4) is 0 Å². The van der Waals surface area contributed by atoms with Crippen LogP contribution in [0, 0.1) is 27.2 Å². The molecule has 0 saturated carbocycles. The van der Waals surface area contributed by atoms with Crippen LogP contribution in [0.1, 0.15) is 11.1 Å². The van der Waals surface area contributed by atoms with Gasteiger partial charge in [0.05, 0.1) is 26.6 Å². The first-order valence-corrected chi connectivity index (χ1v) is 10.7. The van der Waals surface area contributed by atoms with E-state index in [0.717, 1.165) is 21.6 Å². The van der Waals surface area contributed by atoms with Gasteiger partial charge in [-0.05, 0) is 30.7 Å². The molecule has 0 unspecified atom stereocenters. The third-order valence-electron chi connectivity index (χ3n) is 4.88. The van der Waals surface area contributed by atoms with Gasteiger partial charge in [-0.25, -0.2) is 4.98 Å². The molecule has 0 bridgehead atoms. The van der Waals surface area contributed by atoms with Crippen molar-refractivity contribution >= 4 is 34.1 Å². The normalized spacial score (nSPS) is 11.0. The lowest BCUT2D eigenvalue weighted by atomic mass is 10.1. The number of nitrogens with one attached hydrogen (secondary N) is 1. The number of phenols is 1. The number of nitro groups is 2. The Balaban J connectivity index is 1.67. The minimum absolute atomic E-state index is 0.00939. The number of aromatic hydroxyl groups is 1. The summed E-state index contributed by atoms with van der Waals surface area (Å²) in [7, 11) is 0. The average Bonchev–Trinajstić information content (AvgIpc) is 3.24. The van der Waals surface area contributed by atoms with Crippen molar-refractivity contribution in [3.63, 3.8) is 0 Å². The fourth-order valence-electron chi connectivity index (χ4n) is 3.12. The van der Waals surface area contributed by atoms with E-state index in [-0.39, 0.29) is 22.7 Å².